The highest BCUT2D eigenvalue weighted by Gasteiger charge is 2.17. The number of rotatable bonds is 3. The zero-order valence-corrected chi connectivity index (χ0v) is 13.8. The van der Waals surface area contributed by atoms with Crippen molar-refractivity contribution in [3.05, 3.63) is 29.3 Å². The molecule has 0 aromatic heterocycles. The second-order valence-electron chi connectivity index (χ2n) is 5.81. The first-order valence-corrected chi connectivity index (χ1v) is 7.93. The van der Waals surface area contributed by atoms with Crippen molar-refractivity contribution in [2.24, 2.45) is 9.98 Å². The lowest BCUT2D eigenvalue weighted by molar-refractivity contribution is 0.142. The van der Waals surface area contributed by atoms with Crippen LogP contribution in [0.3, 0.4) is 0 Å². The molecular formula is C16H22N6O2. The Morgan fingerprint density at radius 1 is 1.33 bits per heavy atom. The van der Waals surface area contributed by atoms with Gasteiger partial charge in [0.05, 0.1) is 7.11 Å². The maximum absolute atomic E-state index is 12.2. The van der Waals surface area contributed by atoms with Gasteiger partial charge in [-0.05, 0) is 43.1 Å². The highest BCUT2D eigenvalue weighted by molar-refractivity contribution is 6.03. The molecule has 1 unspecified atom stereocenters. The van der Waals surface area contributed by atoms with E-state index in [4.69, 9.17) is 4.84 Å². The molecular weight excluding hydrogens is 308 g/mol. The molecule has 0 bridgehead atoms. The van der Waals surface area contributed by atoms with Crippen LogP contribution in [-0.4, -0.2) is 37.5 Å². The van der Waals surface area contributed by atoms with Gasteiger partial charge in [0.1, 0.15) is 5.84 Å². The van der Waals surface area contributed by atoms with E-state index < -0.39 is 6.29 Å². The minimum atomic E-state index is -0.654. The number of carbonyl (C=O) groups excluding carboxylic acids is 1. The van der Waals surface area contributed by atoms with Crippen LogP contribution in [0.15, 0.2) is 28.2 Å². The van der Waals surface area contributed by atoms with Crippen molar-refractivity contribution < 1.29 is 9.63 Å². The fraction of sp³-hybridized carbons (Fsp3) is 0.438. The Hall–Kier alpha value is -2.45. The quantitative estimate of drug-likeness (QED) is 0.625. The topological polar surface area (TPSA) is 99.1 Å². The van der Waals surface area contributed by atoms with Gasteiger partial charge in [0, 0.05) is 24.4 Å². The average Bonchev–Trinajstić information content (AvgIpc) is 2.54. The molecule has 2 heterocycles. The SMILES string of the molecule is CONC1=NC(NC(=O)Nc2ccc3c(c2)CCNC3)N=C(C)C1. The van der Waals surface area contributed by atoms with Crippen LogP contribution in [0.4, 0.5) is 10.5 Å². The number of hydrogen-bond acceptors (Lipinski definition) is 6. The summed E-state index contributed by atoms with van der Waals surface area (Å²) in [4.78, 5) is 25.7. The first-order chi connectivity index (χ1) is 11.6. The molecule has 128 valence electrons. The molecule has 8 heteroatoms. The number of amidine groups is 1. The van der Waals surface area contributed by atoms with Gasteiger partial charge in [0.25, 0.3) is 0 Å². The summed E-state index contributed by atoms with van der Waals surface area (Å²) in [5, 5.41) is 8.90. The van der Waals surface area contributed by atoms with Crippen LogP contribution < -0.4 is 21.4 Å². The van der Waals surface area contributed by atoms with Crippen molar-refractivity contribution in [3.8, 4) is 0 Å². The average molecular weight is 330 g/mol. The van der Waals surface area contributed by atoms with E-state index in [1.807, 2.05) is 25.1 Å². The molecule has 1 atom stereocenters. The molecule has 24 heavy (non-hydrogen) atoms. The van der Waals surface area contributed by atoms with Gasteiger partial charge in [-0.1, -0.05) is 6.07 Å². The minimum absolute atomic E-state index is 0.340. The van der Waals surface area contributed by atoms with E-state index in [1.165, 1.54) is 18.2 Å². The predicted octanol–water partition coefficient (Wildman–Crippen LogP) is 1.15. The first kappa shape index (κ1) is 16.4. The van der Waals surface area contributed by atoms with Crippen LogP contribution in [0, 0.1) is 0 Å². The summed E-state index contributed by atoms with van der Waals surface area (Å²) >= 11 is 0. The number of hydroxylamine groups is 1. The van der Waals surface area contributed by atoms with Crippen LogP contribution in [0.1, 0.15) is 24.5 Å². The molecule has 3 rings (SSSR count). The standard InChI is InChI=1S/C16H22N6O2/c1-10-7-14(22-24-2)20-15(18-10)21-16(23)19-13-4-3-12-9-17-6-5-11(12)8-13/h3-4,8,15,17H,5-7,9H2,1-2H3,(H,20,22)(H2,19,21,23). The minimum Gasteiger partial charge on any atom is -0.312 e. The smallest absolute Gasteiger partial charge is 0.312 e. The van der Waals surface area contributed by atoms with Crippen LogP contribution in [-0.2, 0) is 17.8 Å². The summed E-state index contributed by atoms with van der Waals surface area (Å²) < 4.78 is 0. The van der Waals surface area contributed by atoms with E-state index in [-0.39, 0.29) is 6.03 Å². The summed E-state index contributed by atoms with van der Waals surface area (Å²) in [5.74, 6) is 0.636. The number of aliphatic imine (C=N–C) groups is 2. The van der Waals surface area contributed by atoms with Gasteiger partial charge in [-0.15, -0.1) is 0 Å². The molecule has 0 aliphatic carbocycles. The molecule has 4 N–H and O–H groups in total. The molecule has 0 saturated heterocycles. The third kappa shape index (κ3) is 4.09. The summed E-state index contributed by atoms with van der Waals surface area (Å²) in [7, 11) is 1.52. The lowest BCUT2D eigenvalue weighted by Crippen LogP contribution is -2.40. The largest absolute Gasteiger partial charge is 0.322 e. The Kier molecular flexibility index (Phi) is 5.07. The third-order valence-electron chi connectivity index (χ3n) is 3.87. The van der Waals surface area contributed by atoms with Gasteiger partial charge >= 0.3 is 6.03 Å². The van der Waals surface area contributed by atoms with Gasteiger partial charge < -0.3 is 10.6 Å². The van der Waals surface area contributed by atoms with Crippen molar-refractivity contribution in [3.63, 3.8) is 0 Å². The molecule has 1 aromatic carbocycles. The van der Waals surface area contributed by atoms with E-state index >= 15 is 0 Å². The summed E-state index contributed by atoms with van der Waals surface area (Å²) in [6.45, 7) is 3.72. The summed E-state index contributed by atoms with van der Waals surface area (Å²) in [6.07, 6.45) is 0.889. The number of nitrogens with zero attached hydrogens (tertiary/aromatic N) is 2. The molecule has 0 fully saturated rings. The molecule has 0 spiro atoms. The fourth-order valence-electron chi connectivity index (χ4n) is 2.80. The molecule has 2 aliphatic rings. The van der Waals surface area contributed by atoms with E-state index in [1.54, 1.807) is 0 Å². The number of anilines is 1. The molecule has 0 saturated carbocycles. The van der Waals surface area contributed by atoms with Crippen LogP contribution in [0.25, 0.3) is 0 Å². The predicted molar refractivity (Wildman–Crippen MR) is 93.1 cm³/mol. The van der Waals surface area contributed by atoms with Crippen molar-refractivity contribution in [2.45, 2.75) is 32.6 Å². The molecule has 8 nitrogen and oxygen atoms in total. The zero-order valence-electron chi connectivity index (χ0n) is 13.8. The number of fused-ring (bicyclic) bond motifs is 1. The second-order valence-corrected chi connectivity index (χ2v) is 5.81. The second kappa shape index (κ2) is 7.41. The van der Waals surface area contributed by atoms with E-state index in [2.05, 4.69) is 31.4 Å². The highest BCUT2D eigenvalue weighted by atomic mass is 16.6. The number of hydrogen-bond donors (Lipinski definition) is 4. The first-order valence-electron chi connectivity index (χ1n) is 7.93. The van der Waals surface area contributed by atoms with Crippen LogP contribution >= 0.6 is 0 Å². The highest BCUT2D eigenvalue weighted by Crippen LogP contribution is 2.19. The normalized spacial score (nSPS) is 19.7. The molecule has 2 amide bonds. The number of urea groups is 1. The summed E-state index contributed by atoms with van der Waals surface area (Å²) in [5.41, 5.74) is 6.88. The number of benzene rings is 1. The number of nitrogens with one attached hydrogen (secondary N) is 4. The van der Waals surface area contributed by atoms with Gasteiger partial charge in [-0.25, -0.2) is 14.8 Å². The maximum Gasteiger partial charge on any atom is 0.322 e. The van der Waals surface area contributed by atoms with Gasteiger partial charge in [-0.3, -0.25) is 15.6 Å². The van der Waals surface area contributed by atoms with Gasteiger partial charge in [0.2, 0.25) is 6.29 Å². The Bertz CT molecular complexity index is 685. The van der Waals surface area contributed by atoms with Crippen LogP contribution in [0.5, 0.6) is 0 Å². The molecule has 0 radical (unpaired) electrons. The lowest BCUT2D eigenvalue weighted by atomic mass is 10.0. The zero-order chi connectivity index (χ0) is 16.9. The van der Waals surface area contributed by atoms with Crippen molar-refractivity contribution in [1.29, 1.82) is 0 Å². The monoisotopic (exact) mass is 330 g/mol. The van der Waals surface area contributed by atoms with Crippen molar-refractivity contribution in [2.75, 3.05) is 19.0 Å². The Balaban J connectivity index is 1.62. The van der Waals surface area contributed by atoms with Crippen molar-refractivity contribution in [1.82, 2.24) is 16.1 Å². The number of amides is 2. The maximum atomic E-state index is 12.2. The van der Waals surface area contributed by atoms with E-state index in [0.29, 0.717) is 12.3 Å². The third-order valence-corrected chi connectivity index (χ3v) is 3.87. The van der Waals surface area contributed by atoms with Crippen LogP contribution in [0.2, 0.25) is 0 Å². The molecule has 2 aliphatic heterocycles. The van der Waals surface area contributed by atoms with E-state index in [0.717, 1.165) is 30.9 Å². The number of carbonyl (C=O) groups is 1. The Labute approximate surface area is 140 Å². The van der Waals surface area contributed by atoms with Gasteiger partial charge in [-0.2, -0.15) is 0 Å². The fourth-order valence-corrected chi connectivity index (χ4v) is 2.80. The van der Waals surface area contributed by atoms with E-state index in [9.17, 15) is 4.79 Å². The molecule has 1 aromatic rings. The summed E-state index contributed by atoms with van der Waals surface area (Å²) in [6, 6.07) is 5.63. The van der Waals surface area contributed by atoms with Crippen molar-refractivity contribution >= 4 is 23.3 Å². The Morgan fingerprint density at radius 2 is 2.21 bits per heavy atom. The van der Waals surface area contributed by atoms with Gasteiger partial charge in [0.15, 0.2) is 0 Å². The Morgan fingerprint density at radius 3 is 3.04 bits per heavy atom. The lowest BCUT2D eigenvalue weighted by Gasteiger charge is -2.20.